The summed E-state index contributed by atoms with van der Waals surface area (Å²) in [5, 5.41) is 5.32. The molecule has 7 nitrogen and oxygen atoms in total. The van der Waals surface area contributed by atoms with Crippen LogP contribution in [0.25, 0.3) is 10.9 Å². The predicted molar refractivity (Wildman–Crippen MR) is 107 cm³/mol. The van der Waals surface area contributed by atoms with E-state index in [1.807, 2.05) is 43.9 Å². The normalized spacial score (nSPS) is 17.2. The molecule has 0 aromatic carbocycles. The van der Waals surface area contributed by atoms with Gasteiger partial charge < -0.3 is 9.88 Å². The van der Waals surface area contributed by atoms with E-state index in [-0.39, 0.29) is 23.9 Å². The Hall–Kier alpha value is -2.96. The van der Waals surface area contributed by atoms with Gasteiger partial charge in [0.05, 0.1) is 5.69 Å². The lowest BCUT2D eigenvalue weighted by Gasteiger charge is -2.33. The van der Waals surface area contributed by atoms with Gasteiger partial charge in [-0.15, -0.1) is 0 Å². The third-order valence-electron chi connectivity index (χ3n) is 5.87. The van der Waals surface area contributed by atoms with Gasteiger partial charge in [-0.05, 0) is 51.3 Å². The van der Waals surface area contributed by atoms with Crippen molar-refractivity contribution in [1.82, 2.24) is 24.6 Å². The molecule has 0 spiro atoms. The molecule has 1 N–H and O–H groups in total. The van der Waals surface area contributed by atoms with E-state index < -0.39 is 0 Å². The molecule has 146 valence electrons. The lowest BCUT2D eigenvalue weighted by atomic mass is 9.93. The van der Waals surface area contributed by atoms with Gasteiger partial charge in [0.15, 0.2) is 0 Å². The maximum atomic E-state index is 12.9. The van der Waals surface area contributed by atoms with Crippen LogP contribution in [-0.4, -0.2) is 43.6 Å². The molecule has 28 heavy (non-hydrogen) atoms. The molecule has 4 rings (SSSR count). The van der Waals surface area contributed by atoms with Gasteiger partial charge in [0.1, 0.15) is 12.1 Å². The number of carbonyl (C=O) groups excluding carboxylic acids is 1. The Morgan fingerprint density at radius 3 is 2.89 bits per heavy atom. The molecule has 1 fully saturated rings. The molecular weight excluding hydrogens is 354 g/mol. The fourth-order valence-electron chi connectivity index (χ4n) is 3.96. The monoisotopic (exact) mass is 379 g/mol. The molecule has 1 aliphatic heterocycles. The minimum absolute atomic E-state index is 0.0695. The number of aryl methyl sites for hydroxylation is 1. The highest BCUT2D eigenvalue weighted by atomic mass is 16.2. The molecule has 0 radical (unpaired) electrons. The van der Waals surface area contributed by atoms with Crippen LogP contribution in [0.5, 0.6) is 0 Å². The smallest absolute Gasteiger partial charge is 0.274 e. The standard InChI is InChI=1S/C21H25N5O2/c1-13-14(2)24-26(15(13)3)12-19(27)25-9-5-7-17(11-25)18-10-16-6-4-8-22-20(16)21(28)23-18/h4,6,8,10,17H,5,7,9,11-12H2,1-3H3,(H,23,28)/t17-/m0/s1. The molecule has 7 heteroatoms. The Labute approximate surface area is 163 Å². The molecule has 3 aromatic heterocycles. The number of fused-ring (bicyclic) bond motifs is 1. The van der Waals surface area contributed by atoms with E-state index in [1.165, 1.54) is 0 Å². The van der Waals surface area contributed by atoms with Crippen molar-refractivity contribution >= 4 is 16.8 Å². The van der Waals surface area contributed by atoms with E-state index >= 15 is 0 Å². The van der Waals surface area contributed by atoms with Crippen LogP contribution in [0.3, 0.4) is 0 Å². The van der Waals surface area contributed by atoms with Crippen LogP contribution < -0.4 is 5.56 Å². The fraction of sp³-hybridized carbons (Fsp3) is 0.429. The summed E-state index contributed by atoms with van der Waals surface area (Å²) in [4.78, 5) is 34.3. The van der Waals surface area contributed by atoms with Crippen molar-refractivity contribution in [3.8, 4) is 0 Å². The minimum Gasteiger partial charge on any atom is -0.340 e. The molecule has 1 atom stereocenters. The maximum absolute atomic E-state index is 12.9. The van der Waals surface area contributed by atoms with Crippen molar-refractivity contribution in [2.45, 2.75) is 46.1 Å². The van der Waals surface area contributed by atoms with E-state index in [0.29, 0.717) is 12.1 Å². The molecular formula is C21H25N5O2. The number of aromatic nitrogens is 4. The summed E-state index contributed by atoms with van der Waals surface area (Å²) in [6.07, 6.45) is 3.49. The van der Waals surface area contributed by atoms with Gasteiger partial charge in [-0.25, -0.2) is 0 Å². The summed E-state index contributed by atoms with van der Waals surface area (Å²) in [5.74, 6) is 0.192. The fourth-order valence-corrected chi connectivity index (χ4v) is 3.96. The Morgan fingerprint density at radius 2 is 2.14 bits per heavy atom. The van der Waals surface area contributed by atoms with E-state index in [0.717, 1.165) is 47.4 Å². The first-order chi connectivity index (χ1) is 13.4. The zero-order chi connectivity index (χ0) is 19.8. The highest BCUT2D eigenvalue weighted by molar-refractivity contribution is 5.78. The van der Waals surface area contributed by atoms with Crippen LogP contribution in [-0.2, 0) is 11.3 Å². The molecule has 0 saturated carbocycles. The topological polar surface area (TPSA) is 83.9 Å². The third-order valence-corrected chi connectivity index (χ3v) is 5.87. The van der Waals surface area contributed by atoms with Gasteiger partial charge in [0, 0.05) is 42.0 Å². The first-order valence-electron chi connectivity index (χ1n) is 9.70. The van der Waals surface area contributed by atoms with E-state index in [2.05, 4.69) is 15.1 Å². The number of pyridine rings is 2. The second-order valence-electron chi connectivity index (χ2n) is 7.63. The van der Waals surface area contributed by atoms with E-state index in [4.69, 9.17) is 0 Å². The van der Waals surface area contributed by atoms with Gasteiger partial charge in [0.2, 0.25) is 5.91 Å². The molecule has 1 amide bonds. The second kappa shape index (κ2) is 7.22. The first-order valence-corrected chi connectivity index (χ1v) is 9.70. The Balaban J connectivity index is 1.53. The van der Waals surface area contributed by atoms with Crippen molar-refractivity contribution in [3.05, 3.63) is 57.4 Å². The molecule has 0 aliphatic carbocycles. The van der Waals surface area contributed by atoms with Crippen LogP contribution in [0.4, 0.5) is 0 Å². The molecule has 1 aliphatic rings. The van der Waals surface area contributed by atoms with Crippen LogP contribution in [0.2, 0.25) is 0 Å². The largest absolute Gasteiger partial charge is 0.340 e. The summed E-state index contributed by atoms with van der Waals surface area (Å²) < 4.78 is 1.79. The molecule has 0 bridgehead atoms. The van der Waals surface area contributed by atoms with Crippen LogP contribution in [0.15, 0.2) is 29.2 Å². The quantitative estimate of drug-likeness (QED) is 0.758. The zero-order valence-corrected chi connectivity index (χ0v) is 16.5. The van der Waals surface area contributed by atoms with Crippen molar-refractivity contribution in [2.24, 2.45) is 0 Å². The first kappa shape index (κ1) is 18.4. The minimum atomic E-state index is -0.172. The lowest BCUT2D eigenvalue weighted by Crippen LogP contribution is -2.41. The SMILES string of the molecule is Cc1nn(CC(=O)N2CCC[C@H](c3cc4cccnc4c(=O)[nH]3)C2)c(C)c1C. The highest BCUT2D eigenvalue weighted by Crippen LogP contribution is 2.26. The zero-order valence-electron chi connectivity index (χ0n) is 16.5. The number of H-pyrrole nitrogens is 1. The number of nitrogens with one attached hydrogen (secondary N) is 1. The number of rotatable bonds is 3. The van der Waals surface area contributed by atoms with Gasteiger partial charge in [-0.2, -0.15) is 5.10 Å². The number of piperidine rings is 1. The Morgan fingerprint density at radius 1 is 1.32 bits per heavy atom. The molecule has 1 saturated heterocycles. The van der Waals surface area contributed by atoms with Gasteiger partial charge in [0.25, 0.3) is 5.56 Å². The van der Waals surface area contributed by atoms with Gasteiger partial charge in [-0.3, -0.25) is 19.3 Å². The number of amides is 1. The average Bonchev–Trinajstić information content (AvgIpc) is 2.94. The third kappa shape index (κ3) is 3.32. The predicted octanol–water partition coefficient (Wildman–Crippen LogP) is 2.45. The van der Waals surface area contributed by atoms with Crippen LogP contribution in [0.1, 0.15) is 41.4 Å². The number of nitrogens with zero attached hydrogens (tertiary/aromatic N) is 4. The number of carbonyl (C=O) groups is 1. The van der Waals surface area contributed by atoms with Gasteiger partial charge >= 0.3 is 0 Å². The van der Waals surface area contributed by atoms with Crippen molar-refractivity contribution in [2.75, 3.05) is 13.1 Å². The van der Waals surface area contributed by atoms with Crippen LogP contribution in [0, 0.1) is 20.8 Å². The Kier molecular flexibility index (Phi) is 4.75. The summed E-state index contributed by atoms with van der Waals surface area (Å²) >= 11 is 0. The number of hydrogen-bond donors (Lipinski definition) is 1. The molecule has 3 aromatic rings. The summed E-state index contributed by atoms with van der Waals surface area (Å²) in [5.41, 5.74) is 4.29. The second-order valence-corrected chi connectivity index (χ2v) is 7.63. The van der Waals surface area contributed by atoms with Crippen molar-refractivity contribution in [3.63, 3.8) is 0 Å². The summed E-state index contributed by atoms with van der Waals surface area (Å²) in [6.45, 7) is 7.60. The number of likely N-dealkylation sites (tertiary alicyclic amines) is 1. The average molecular weight is 379 g/mol. The molecule has 0 unspecified atom stereocenters. The van der Waals surface area contributed by atoms with Crippen molar-refractivity contribution in [1.29, 1.82) is 0 Å². The van der Waals surface area contributed by atoms with E-state index in [1.54, 1.807) is 10.9 Å². The summed E-state index contributed by atoms with van der Waals surface area (Å²) in [7, 11) is 0. The number of hydrogen-bond acceptors (Lipinski definition) is 4. The summed E-state index contributed by atoms with van der Waals surface area (Å²) in [6, 6.07) is 5.73. The highest BCUT2D eigenvalue weighted by Gasteiger charge is 2.26. The number of aromatic amines is 1. The molecule has 4 heterocycles. The lowest BCUT2D eigenvalue weighted by molar-refractivity contribution is -0.133. The van der Waals surface area contributed by atoms with Crippen LogP contribution >= 0.6 is 0 Å². The van der Waals surface area contributed by atoms with E-state index in [9.17, 15) is 9.59 Å². The Bertz CT molecular complexity index is 1100. The van der Waals surface area contributed by atoms with Crippen molar-refractivity contribution < 1.29 is 4.79 Å². The maximum Gasteiger partial charge on any atom is 0.274 e. The van der Waals surface area contributed by atoms with Gasteiger partial charge in [-0.1, -0.05) is 6.07 Å².